The minimum Gasteiger partial charge on any atom is -0.326 e. The van der Waals surface area contributed by atoms with E-state index in [0.29, 0.717) is 6.54 Å². The smallest absolute Gasteiger partial charge is 0.0873 e. The van der Waals surface area contributed by atoms with Crippen molar-refractivity contribution < 1.29 is 0 Å². The van der Waals surface area contributed by atoms with E-state index >= 15 is 0 Å². The molecule has 0 saturated carbocycles. The summed E-state index contributed by atoms with van der Waals surface area (Å²) in [7, 11) is 0. The van der Waals surface area contributed by atoms with Crippen molar-refractivity contribution in [3.8, 4) is 5.69 Å². The van der Waals surface area contributed by atoms with Crippen LogP contribution < -0.4 is 5.73 Å². The molecule has 0 fully saturated rings. The zero-order valence-electron chi connectivity index (χ0n) is 7.09. The van der Waals surface area contributed by atoms with E-state index in [2.05, 4.69) is 10.1 Å². The molecule has 0 aromatic carbocycles. The summed E-state index contributed by atoms with van der Waals surface area (Å²) in [5, 5.41) is 4.12. The maximum absolute atomic E-state index is 5.59. The zero-order valence-corrected chi connectivity index (χ0v) is 7.09. The SMILES string of the molecule is NCc1ccncc1-n1cccn1. The third kappa shape index (κ3) is 1.43. The molecule has 0 atom stereocenters. The number of nitrogens with zero attached hydrogens (tertiary/aromatic N) is 3. The molecular formula is C9H10N4. The van der Waals surface area contributed by atoms with Crippen LogP contribution in [0.15, 0.2) is 36.9 Å². The van der Waals surface area contributed by atoms with Gasteiger partial charge in [0.15, 0.2) is 0 Å². The summed E-state index contributed by atoms with van der Waals surface area (Å²) in [5.74, 6) is 0. The number of pyridine rings is 1. The van der Waals surface area contributed by atoms with Crippen LogP contribution >= 0.6 is 0 Å². The molecule has 0 bridgehead atoms. The van der Waals surface area contributed by atoms with Crippen LogP contribution in [0.5, 0.6) is 0 Å². The third-order valence-electron chi connectivity index (χ3n) is 1.86. The standard InChI is InChI=1S/C9H10N4/c10-6-8-2-4-11-7-9(8)13-5-1-3-12-13/h1-5,7H,6,10H2. The van der Waals surface area contributed by atoms with Gasteiger partial charge in [0, 0.05) is 25.1 Å². The summed E-state index contributed by atoms with van der Waals surface area (Å²) in [5.41, 5.74) is 7.57. The number of rotatable bonds is 2. The Hall–Kier alpha value is -1.68. The van der Waals surface area contributed by atoms with Gasteiger partial charge < -0.3 is 5.73 Å². The Balaban J connectivity index is 2.51. The molecule has 2 aromatic rings. The van der Waals surface area contributed by atoms with E-state index in [4.69, 9.17) is 5.73 Å². The Morgan fingerprint density at radius 1 is 1.38 bits per heavy atom. The number of aromatic nitrogens is 3. The van der Waals surface area contributed by atoms with Crippen molar-refractivity contribution in [2.24, 2.45) is 5.73 Å². The molecule has 13 heavy (non-hydrogen) atoms. The highest BCUT2D eigenvalue weighted by molar-refractivity contribution is 5.36. The van der Waals surface area contributed by atoms with Gasteiger partial charge in [-0.25, -0.2) is 4.68 Å². The second-order valence-electron chi connectivity index (χ2n) is 2.66. The number of hydrogen-bond donors (Lipinski definition) is 1. The summed E-state index contributed by atoms with van der Waals surface area (Å²) in [6.07, 6.45) is 7.09. The van der Waals surface area contributed by atoms with Gasteiger partial charge in [0.2, 0.25) is 0 Å². The molecule has 2 heterocycles. The van der Waals surface area contributed by atoms with Crippen molar-refractivity contribution in [1.82, 2.24) is 14.8 Å². The van der Waals surface area contributed by atoms with Gasteiger partial charge in [-0.3, -0.25) is 4.98 Å². The van der Waals surface area contributed by atoms with Gasteiger partial charge in [-0.2, -0.15) is 5.10 Å². The van der Waals surface area contributed by atoms with Crippen LogP contribution in [-0.2, 0) is 6.54 Å². The first-order valence-electron chi connectivity index (χ1n) is 4.05. The molecule has 4 heteroatoms. The van der Waals surface area contributed by atoms with Gasteiger partial charge >= 0.3 is 0 Å². The summed E-state index contributed by atoms with van der Waals surface area (Å²) in [4.78, 5) is 4.03. The van der Waals surface area contributed by atoms with Gasteiger partial charge in [-0.05, 0) is 17.7 Å². The van der Waals surface area contributed by atoms with E-state index in [1.807, 2.05) is 18.3 Å². The van der Waals surface area contributed by atoms with E-state index in [1.165, 1.54) is 0 Å². The third-order valence-corrected chi connectivity index (χ3v) is 1.86. The Morgan fingerprint density at radius 3 is 3.00 bits per heavy atom. The normalized spacial score (nSPS) is 10.2. The van der Waals surface area contributed by atoms with E-state index in [9.17, 15) is 0 Å². The fraction of sp³-hybridized carbons (Fsp3) is 0.111. The Labute approximate surface area is 76.0 Å². The first-order valence-corrected chi connectivity index (χ1v) is 4.05. The molecule has 2 rings (SSSR count). The van der Waals surface area contributed by atoms with Crippen LogP contribution in [0.2, 0.25) is 0 Å². The lowest BCUT2D eigenvalue weighted by atomic mass is 10.2. The molecule has 2 N–H and O–H groups in total. The minimum absolute atomic E-state index is 0.498. The van der Waals surface area contributed by atoms with Crippen molar-refractivity contribution in [3.63, 3.8) is 0 Å². The lowest BCUT2D eigenvalue weighted by Crippen LogP contribution is -2.05. The van der Waals surface area contributed by atoms with Crippen LogP contribution in [0.3, 0.4) is 0 Å². The van der Waals surface area contributed by atoms with E-state index in [-0.39, 0.29) is 0 Å². The molecule has 0 unspecified atom stereocenters. The van der Waals surface area contributed by atoms with Crippen molar-refractivity contribution in [2.45, 2.75) is 6.54 Å². The Morgan fingerprint density at radius 2 is 2.31 bits per heavy atom. The highest BCUT2D eigenvalue weighted by Crippen LogP contribution is 2.10. The lowest BCUT2D eigenvalue weighted by molar-refractivity contribution is 0.851. The van der Waals surface area contributed by atoms with Crippen LogP contribution in [-0.4, -0.2) is 14.8 Å². The quantitative estimate of drug-likeness (QED) is 0.730. The molecule has 0 radical (unpaired) electrons. The van der Waals surface area contributed by atoms with Gasteiger partial charge in [-0.1, -0.05) is 0 Å². The molecule has 0 saturated heterocycles. The fourth-order valence-corrected chi connectivity index (χ4v) is 1.21. The highest BCUT2D eigenvalue weighted by atomic mass is 15.3. The summed E-state index contributed by atoms with van der Waals surface area (Å²) >= 11 is 0. The minimum atomic E-state index is 0.498. The maximum Gasteiger partial charge on any atom is 0.0873 e. The largest absolute Gasteiger partial charge is 0.326 e. The molecule has 2 aromatic heterocycles. The van der Waals surface area contributed by atoms with Gasteiger partial charge in [0.1, 0.15) is 0 Å². The predicted octanol–water partition coefficient (Wildman–Crippen LogP) is 0.726. The van der Waals surface area contributed by atoms with E-state index in [1.54, 1.807) is 23.3 Å². The average Bonchev–Trinajstić information content (AvgIpc) is 2.70. The zero-order chi connectivity index (χ0) is 9.10. The fourth-order valence-electron chi connectivity index (χ4n) is 1.21. The first kappa shape index (κ1) is 7.94. The summed E-state index contributed by atoms with van der Waals surface area (Å²) in [6.45, 7) is 0.498. The Bertz CT molecular complexity index is 380. The van der Waals surface area contributed by atoms with Crippen molar-refractivity contribution in [2.75, 3.05) is 0 Å². The summed E-state index contributed by atoms with van der Waals surface area (Å²) in [6, 6.07) is 3.77. The molecule has 66 valence electrons. The lowest BCUT2D eigenvalue weighted by Gasteiger charge is -2.05. The van der Waals surface area contributed by atoms with Gasteiger partial charge in [-0.15, -0.1) is 0 Å². The summed E-state index contributed by atoms with van der Waals surface area (Å²) < 4.78 is 1.76. The number of nitrogens with two attached hydrogens (primary N) is 1. The van der Waals surface area contributed by atoms with E-state index in [0.717, 1.165) is 11.3 Å². The van der Waals surface area contributed by atoms with Crippen LogP contribution in [0.1, 0.15) is 5.56 Å². The molecular weight excluding hydrogens is 164 g/mol. The maximum atomic E-state index is 5.59. The van der Waals surface area contributed by atoms with E-state index < -0.39 is 0 Å². The first-order chi connectivity index (χ1) is 6.42. The van der Waals surface area contributed by atoms with Crippen molar-refractivity contribution in [1.29, 1.82) is 0 Å². The molecule has 0 spiro atoms. The molecule has 4 nitrogen and oxygen atoms in total. The molecule has 0 aliphatic carbocycles. The van der Waals surface area contributed by atoms with Crippen molar-refractivity contribution >= 4 is 0 Å². The van der Waals surface area contributed by atoms with Crippen LogP contribution in [0.25, 0.3) is 5.69 Å². The van der Waals surface area contributed by atoms with Gasteiger partial charge in [0.05, 0.1) is 11.9 Å². The topological polar surface area (TPSA) is 56.7 Å². The molecule has 0 aliphatic heterocycles. The monoisotopic (exact) mass is 174 g/mol. The Kier molecular flexibility index (Phi) is 2.06. The molecule has 0 aliphatic rings. The van der Waals surface area contributed by atoms with Crippen molar-refractivity contribution in [3.05, 3.63) is 42.5 Å². The van der Waals surface area contributed by atoms with Crippen LogP contribution in [0, 0.1) is 0 Å². The van der Waals surface area contributed by atoms with Gasteiger partial charge in [0.25, 0.3) is 0 Å². The predicted molar refractivity (Wildman–Crippen MR) is 49.3 cm³/mol. The highest BCUT2D eigenvalue weighted by Gasteiger charge is 2.01. The number of hydrogen-bond acceptors (Lipinski definition) is 3. The second-order valence-corrected chi connectivity index (χ2v) is 2.66. The molecule has 0 amide bonds. The van der Waals surface area contributed by atoms with Crippen LogP contribution in [0.4, 0.5) is 0 Å². The second kappa shape index (κ2) is 3.37. The average molecular weight is 174 g/mol.